The molecule has 6 aromatic rings. The van der Waals surface area contributed by atoms with E-state index in [1.54, 1.807) is 51.9 Å². The highest BCUT2D eigenvalue weighted by Crippen LogP contribution is 2.33. The van der Waals surface area contributed by atoms with E-state index < -0.39 is 77.8 Å². The Morgan fingerprint density at radius 2 is 1.01 bits per heavy atom. The number of primary amides is 2. The number of rotatable bonds is 48. The number of imidazole rings is 2. The van der Waals surface area contributed by atoms with E-state index >= 15 is 0 Å². The number of nitrogens with one attached hydrogen (secondary N) is 6. The number of aryl methyl sites for hydroxylation is 4. The van der Waals surface area contributed by atoms with Gasteiger partial charge in [0.2, 0.25) is 47.3 Å². The summed E-state index contributed by atoms with van der Waals surface area (Å²) in [6.45, 7) is 14.0. The van der Waals surface area contributed by atoms with Gasteiger partial charge in [0, 0.05) is 68.8 Å². The second-order valence-corrected chi connectivity index (χ2v) is 23.7. The number of hydrogen-bond donors (Lipinski definition) is 9. The van der Waals surface area contributed by atoms with Crippen LogP contribution in [0.25, 0.3) is 22.1 Å². The largest absolute Gasteiger partial charge is 0.494 e. The summed E-state index contributed by atoms with van der Waals surface area (Å²) in [5.74, 6) is -6.84. The number of aromatic nitrogens is 8. The van der Waals surface area contributed by atoms with Crippen molar-refractivity contribution < 1.29 is 95.7 Å². The summed E-state index contributed by atoms with van der Waals surface area (Å²) in [6, 6.07) is 5.38. The summed E-state index contributed by atoms with van der Waals surface area (Å²) < 4.78 is 51.1. The molecule has 3 atom stereocenters. The Hall–Kier alpha value is -11.0. The zero-order valence-electron chi connectivity index (χ0n) is 59.7. The topological polar surface area (TPSA) is 481 Å². The van der Waals surface area contributed by atoms with Gasteiger partial charge in [-0.1, -0.05) is 12.2 Å². The number of allylic oxidation sites excluding steroid dienone is 2. The fraction of sp³-hybridized carbons (Fsp3) is 0.485. The van der Waals surface area contributed by atoms with Gasteiger partial charge in [-0.05, 0) is 90.8 Å². The molecule has 0 bridgehead atoms. The molecule has 0 fully saturated rings. The van der Waals surface area contributed by atoms with E-state index in [0.29, 0.717) is 87.3 Å². The first-order chi connectivity index (χ1) is 50.4. The molecule has 37 heteroatoms. The van der Waals surface area contributed by atoms with Crippen LogP contribution in [0.2, 0.25) is 0 Å². The second-order valence-electron chi connectivity index (χ2n) is 23.7. The molecule has 0 spiro atoms. The van der Waals surface area contributed by atoms with Crippen LogP contribution in [0.1, 0.15) is 106 Å². The van der Waals surface area contributed by atoms with Crippen LogP contribution in [0.5, 0.6) is 11.5 Å². The number of imide groups is 1. The molecule has 105 heavy (non-hydrogen) atoms. The Labute approximate surface area is 603 Å². The first-order valence-electron chi connectivity index (χ1n) is 34.0. The van der Waals surface area contributed by atoms with E-state index in [0.717, 1.165) is 4.90 Å². The minimum atomic E-state index is -1.34. The third-order valence-corrected chi connectivity index (χ3v) is 15.8. The smallest absolute Gasteiger partial charge is 0.303 e. The molecule has 0 radical (unpaired) electrons. The van der Waals surface area contributed by atoms with Crippen LogP contribution < -0.4 is 52.8 Å². The van der Waals surface area contributed by atoms with E-state index in [2.05, 4.69) is 47.1 Å². The Morgan fingerprint density at radius 1 is 0.562 bits per heavy atom. The minimum Gasteiger partial charge on any atom is -0.494 e. The summed E-state index contributed by atoms with van der Waals surface area (Å²) in [7, 11) is 1.41. The van der Waals surface area contributed by atoms with Crippen LogP contribution in [-0.4, -0.2) is 238 Å². The van der Waals surface area contributed by atoms with Gasteiger partial charge in [-0.25, -0.2) is 9.97 Å². The number of hydrogen-bond acceptors (Lipinski definition) is 23. The molecule has 4 aromatic heterocycles. The average molecular weight is 1470 g/mol. The monoisotopic (exact) mass is 1470 g/mol. The summed E-state index contributed by atoms with van der Waals surface area (Å²) in [5, 5.41) is 34.2. The molecule has 5 heterocycles. The number of benzene rings is 2. The lowest BCUT2D eigenvalue weighted by molar-refractivity contribution is -0.139. The van der Waals surface area contributed by atoms with Gasteiger partial charge in [0.05, 0.1) is 122 Å². The molecule has 0 saturated carbocycles. The number of amides is 10. The van der Waals surface area contributed by atoms with Gasteiger partial charge < -0.3 is 84.9 Å². The van der Waals surface area contributed by atoms with Crippen molar-refractivity contribution in [3.8, 4) is 11.5 Å². The summed E-state index contributed by atoms with van der Waals surface area (Å²) in [4.78, 5) is 151. The first-order valence-corrected chi connectivity index (χ1v) is 34.0. The molecule has 2 aromatic carbocycles. The lowest BCUT2D eigenvalue weighted by Crippen LogP contribution is -2.55. The van der Waals surface area contributed by atoms with E-state index in [4.69, 9.17) is 54.3 Å². The fourth-order valence-corrected chi connectivity index (χ4v) is 10.6. The van der Waals surface area contributed by atoms with Crippen molar-refractivity contribution in [1.29, 1.82) is 0 Å². The molecule has 1 aliphatic heterocycles. The molecule has 0 saturated heterocycles. The van der Waals surface area contributed by atoms with Crippen LogP contribution in [0, 0.1) is 13.8 Å². The quantitative estimate of drug-likeness (QED) is 0.0146. The van der Waals surface area contributed by atoms with Gasteiger partial charge in [0.15, 0.2) is 0 Å². The molecular formula is C68H91N17O20. The highest BCUT2D eigenvalue weighted by Gasteiger charge is 2.29. The van der Waals surface area contributed by atoms with Crippen molar-refractivity contribution in [3.63, 3.8) is 0 Å². The molecule has 11 N–H and O–H groups in total. The lowest BCUT2D eigenvalue weighted by atomic mass is 10.1. The van der Waals surface area contributed by atoms with Crippen molar-refractivity contribution in [1.82, 2.24) is 64.8 Å². The van der Waals surface area contributed by atoms with Crippen molar-refractivity contribution in [2.45, 2.75) is 112 Å². The zero-order valence-corrected chi connectivity index (χ0v) is 59.7. The molecule has 10 amide bonds. The van der Waals surface area contributed by atoms with Gasteiger partial charge in [0.1, 0.15) is 52.0 Å². The predicted octanol–water partition coefficient (Wildman–Crippen LogP) is 1.06. The zero-order chi connectivity index (χ0) is 76.1. The number of carbonyl (C=O) groups excluding carboxylic acids is 10. The molecule has 37 nitrogen and oxygen atoms in total. The number of methoxy groups -OCH3 is 1. The summed E-state index contributed by atoms with van der Waals surface area (Å²) in [5.41, 5.74) is 14.6. The molecule has 1 aliphatic rings. The van der Waals surface area contributed by atoms with Crippen molar-refractivity contribution in [2.24, 2.45) is 11.5 Å². The minimum absolute atomic E-state index is 0.00584. The van der Waals surface area contributed by atoms with Gasteiger partial charge in [-0.15, -0.1) is 0 Å². The van der Waals surface area contributed by atoms with Crippen LogP contribution in [-0.2, 0) is 88.2 Å². The highest BCUT2D eigenvalue weighted by atomic mass is 16.6. The van der Waals surface area contributed by atoms with E-state index in [1.165, 1.54) is 62.1 Å². The van der Waals surface area contributed by atoms with Crippen molar-refractivity contribution in [3.05, 3.63) is 94.6 Å². The van der Waals surface area contributed by atoms with Crippen molar-refractivity contribution in [2.75, 3.05) is 117 Å². The number of anilines is 2. The normalized spacial score (nSPS) is 13.0. The number of nitrogens with zero attached hydrogens (tertiary/aromatic N) is 9. The van der Waals surface area contributed by atoms with E-state index in [-0.39, 0.29) is 148 Å². The maximum atomic E-state index is 14.0. The van der Waals surface area contributed by atoms with Gasteiger partial charge in [0.25, 0.3) is 23.6 Å². The molecule has 0 unspecified atom stereocenters. The molecule has 568 valence electrons. The molecular weight excluding hydrogens is 1370 g/mol. The van der Waals surface area contributed by atoms with Gasteiger partial charge in [-0.3, -0.25) is 77.6 Å². The predicted molar refractivity (Wildman–Crippen MR) is 376 cm³/mol. The third kappa shape index (κ3) is 24.0. The lowest BCUT2D eigenvalue weighted by Gasteiger charge is -2.22. The highest BCUT2D eigenvalue weighted by molar-refractivity contribution is 6.13. The maximum absolute atomic E-state index is 14.0. The Balaban J connectivity index is 0.876. The van der Waals surface area contributed by atoms with Crippen LogP contribution in [0.3, 0.4) is 0 Å². The number of carboxylic acid groups (broad SMARTS) is 1. The average Bonchev–Trinajstić information content (AvgIpc) is 1.60. The number of ether oxygens (including phenoxy) is 8. The van der Waals surface area contributed by atoms with Crippen molar-refractivity contribution >= 4 is 99.0 Å². The van der Waals surface area contributed by atoms with Crippen LogP contribution in [0.4, 0.5) is 11.9 Å². The number of fused-ring (bicyclic) bond motifs is 2. The number of aliphatic carboxylic acids is 1. The fourth-order valence-electron chi connectivity index (χ4n) is 10.6. The van der Waals surface area contributed by atoms with Gasteiger partial charge in [-0.2, -0.15) is 10.2 Å². The Bertz CT molecular complexity index is 4120. The third-order valence-electron chi connectivity index (χ3n) is 15.8. The molecule has 7 rings (SSSR count). The number of nitrogens with two attached hydrogens (primary N) is 2. The maximum Gasteiger partial charge on any atom is 0.303 e. The summed E-state index contributed by atoms with van der Waals surface area (Å²) in [6.07, 6.45) is 5.16. The SMILES string of the molecule is CCn1nc(C)cc1C(=O)Nc1nc2cc(C(N)=O)cc(OC)c2n1C/C=C/Cn1c(NC(=O)c2cc(C)nn2CC)nc2cc(C(N)=O)cc(OCCCNC(=O)[C@H](C)NC(=O)[C@H](C)NC(=O)[C@H](CCC(=O)O)NC(=O)CCOCCOCCOCCOCCOCCOCCN3C(=O)C=CC3=O)c21. The Kier molecular flexibility index (Phi) is 31.6. The van der Waals surface area contributed by atoms with E-state index in [1.807, 2.05) is 13.8 Å². The van der Waals surface area contributed by atoms with Crippen LogP contribution >= 0.6 is 0 Å². The van der Waals surface area contributed by atoms with Crippen LogP contribution in [0.15, 0.2) is 60.7 Å². The second kappa shape index (κ2) is 40.7. The number of carboxylic acids is 1. The number of carbonyl (C=O) groups is 11. The molecule has 0 aliphatic carbocycles. The standard InChI is InChI=1S/C68H91N17O20/c1-8-84-50(35-41(3)79-84)65(96)77-67-75-48-37-45(60(69)91)39-52(98-7)58(48)82(67)19-10-11-20-83-59-49(76-68(83)78-66(97)51-36-42(4)80-85(51)9-2)38-46(61(70)92)40-53(59)105-22-12-18-71-62(93)43(5)72-63(94)44(6)73-64(95)47(13-16-57(89)90)74-54(86)17-23-99-25-27-101-29-31-103-33-34-104-32-30-102-28-26-100-24-21-81-55(87)14-15-56(81)88/h10-11,14-15,35-40,43-44,47H,8-9,12-13,16-34H2,1-7H3,(H2,69,91)(H2,70,92)(H,71,93)(H,72,94)(H,73,95)(H,74,86)(H,89,90)(H,75,77,96)(H,76,78,97)/b11-10+/t43-,44-,47-/m0/s1. The Morgan fingerprint density at radius 3 is 1.48 bits per heavy atom. The summed E-state index contributed by atoms with van der Waals surface area (Å²) >= 11 is 0. The first kappa shape index (κ1) is 81.3. The van der Waals surface area contributed by atoms with E-state index in [9.17, 15) is 57.8 Å². The van der Waals surface area contributed by atoms with Gasteiger partial charge >= 0.3 is 5.97 Å².